The number of anilines is 2. The van der Waals surface area contributed by atoms with Gasteiger partial charge in [-0.15, -0.1) is 0 Å². The molecule has 3 N–H and O–H groups in total. The molecule has 0 atom stereocenters. The highest BCUT2D eigenvalue weighted by atomic mass is 19.1. The third-order valence-electron chi connectivity index (χ3n) is 7.04. The number of fused-ring (bicyclic) bond motifs is 1. The minimum atomic E-state index is -0.866. The van der Waals surface area contributed by atoms with Crippen molar-refractivity contribution in [2.24, 2.45) is 0 Å². The lowest BCUT2D eigenvalue weighted by Gasteiger charge is -2.32. The quantitative estimate of drug-likeness (QED) is 0.383. The van der Waals surface area contributed by atoms with E-state index in [0.717, 1.165) is 49.5 Å². The van der Waals surface area contributed by atoms with Crippen LogP contribution in [0.15, 0.2) is 66.7 Å². The zero-order valence-corrected chi connectivity index (χ0v) is 21.3. The highest BCUT2D eigenvalue weighted by molar-refractivity contribution is 6.37. The number of rotatable bonds is 8. The van der Waals surface area contributed by atoms with Crippen LogP contribution >= 0.6 is 0 Å². The van der Waals surface area contributed by atoms with Crippen LogP contribution in [-0.2, 0) is 22.6 Å². The fourth-order valence-corrected chi connectivity index (χ4v) is 4.91. The highest BCUT2D eigenvalue weighted by Crippen LogP contribution is 2.38. The van der Waals surface area contributed by atoms with Crippen molar-refractivity contribution >= 4 is 34.5 Å². The van der Waals surface area contributed by atoms with Gasteiger partial charge in [0.25, 0.3) is 5.91 Å². The Kier molecular flexibility index (Phi) is 7.53. The third-order valence-corrected chi connectivity index (χ3v) is 7.04. The van der Waals surface area contributed by atoms with Gasteiger partial charge in [-0.2, -0.15) is 0 Å². The van der Waals surface area contributed by atoms with Crippen molar-refractivity contribution in [3.8, 4) is 0 Å². The van der Waals surface area contributed by atoms with Crippen LogP contribution in [0.25, 0.3) is 11.3 Å². The average molecular weight is 515 g/mol. The monoisotopic (exact) mass is 514 g/mol. The Bertz CT molecular complexity index is 1380. The van der Waals surface area contributed by atoms with Crippen molar-refractivity contribution in [2.45, 2.75) is 19.4 Å². The van der Waals surface area contributed by atoms with Crippen molar-refractivity contribution in [3.63, 3.8) is 0 Å². The lowest BCUT2D eigenvalue weighted by molar-refractivity contribution is -0.137. The summed E-state index contributed by atoms with van der Waals surface area (Å²) in [4.78, 5) is 29.0. The summed E-state index contributed by atoms with van der Waals surface area (Å²) in [6, 6.07) is 19.9. The summed E-state index contributed by atoms with van der Waals surface area (Å²) in [5.41, 5.74) is 5.66. The predicted octanol–water partition coefficient (Wildman–Crippen LogP) is 4.52. The van der Waals surface area contributed by atoms with E-state index in [1.54, 1.807) is 6.07 Å². The molecule has 0 bridgehead atoms. The van der Waals surface area contributed by atoms with Crippen molar-refractivity contribution in [3.05, 3.63) is 94.8 Å². The number of amides is 1. The van der Waals surface area contributed by atoms with Gasteiger partial charge < -0.3 is 20.6 Å². The lowest BCUT2D eigenvalue weighted by atomic mass is 9.97. The Morgan fingerprint density at radius 3 is 2.50 bits per heavy atom. The molecule has 3 aromatic carbocycles. The molecule has 1 fully saturated rings. The second-order valence-corrected chi connectivity index (χ2v) is 9.89. The molecule has 7 nitrogen and oxygen atoms in total. The van der Waals surface area contributed by atoms with Gasteiger partial charge in [0.1, 0.15) is 5.82 Å². The van der Waals surface area contributed by atoms with Gasteiger partial charge in [-0.05, 0) is 66.6 Å². The molecule has 0 radical (unpaired) electrons. The maximum Gasteiger partial charge on any atom is 0.303 e. The number of aliphatic carboxylic acids is 1. The largest absolute Gasteiger partial charge is 0.481 e. The molecule has 3 aromatic rings. The van der Waals surface area contributed by atoms with Crippen molar-refractivity contribution in [1.29, 1.82) is 0 Å². The average Bonchev–Trinajstić information content (AvgIpc) is 3.23. The van der Waals surface area contributed by atoms with Gasteiger partial charge in [-0.3, -0.25) is 14.5 Å². The summed E-state index contributed by atoms with van der Waals surface area (Å²) in [7, 11) is 2.14. The minimum Gasteiger partial charge on any atom is -0.481 e. The van der Waals surface area contributed by atoms with Gasteiger partial charge in [0.05, 0.1) is 17.0 Å². The smallest absolute Gasteiger partial charge is 0.303 e. The first-order valence-corrected chi connectivity index (χ1v) is 12.8. The molecule has 0 spiro atoms. The van der Waals surface area contributed by atoms with E-state index < -0.39 is 11.8 Å². The number of halogens is 1. The highest BCUT2D eigenvalue weighted by Gasteiger charge is 2.29. The number of carbonyl (C=O) groups is 2. The number of benzene rings is 3. The summed E-state index contributed by atoms with van der Waals surface area (Å²) >= 11 is 0. The van der Waals surface area contributed by atoms with Gasteiger partial charge >= 0.3 is 5.97 Å². The topological polar surface area (TPSA) is 84.9 Å². The van der Waals surface area contributed by atoms with Crippen LogP contribution in [0.1, 0.15) is 28.7 Å². The maximum absolute atomic E-state index is 13.9. The molecule has 8 heteroatoms. The van der Waals surface area contributed by atoms with Crippen molar-refractivity contribution in [1.82, 2.24) is 9.80 Å². The Morgan fingerprint density at radius 1 is 1.00 bits per heavy atom. The first-order chi connectivity index (χ1) is 18.4. The second kappa shape index (κ2) is 11.2. The van der Waals surface area contributed by atoms with Crippen LogP contribution < -0.4 is 10.6 Å². The van der Waals surface area contributed by atoms with Gasteiger partial charge in [0, 0.05) is 50.4 Å². The number of hydrogen-bond acceptors (Lipinski definition) is 5. The molecule has 0 unspecified atom stereocenters. The molecule has 2 heterocycles. The fraction of sp³-hybridized carbons (Fsp3) is 0.267. The molecule has 2 aliphatic rings. The van der Waals surface area contributed by atoms with Gasteiger partial charge in [0.15, 0.2) is 0 Å². The van der Waals surface area contributed by atoms with Crippen LogP contribution in [0.4, 0.5) is 15.8 Å². The van der Waals surface area contributed by atoms with Crippen molar-refractivity contribution < 1.29 is 19.1 Å². The third kappa shape index (κ3) is 5.93. The summed E-state index contributed by atoms with van der Waals surface area (Å²) in [5.74, 6) is -1.61. The first kappa shape index (κ1) is 25.6. The van der Waals surface area contributed by atoms with E-state index in [1.165, 1.54) is 17.7 Å². The number of carbonyl (C=O) groups excluding carboxylic acids is 1. The molecule has 0 saturated carbocycles. The van der Waals surface area contributed by atoms with E-state index in [4.69, 9.17) is 5.11 Å². The number of aryl methyl sites for hydroxylation is 1. The standard InChI is InChI=1S/C30H31FN4O3/c1-34-13-15-35(16-14-34)19-21-5-9-24(10-6-21)32-29(22-4-2-3-20(17-22)7-12-27(36)37)28-25-11-8-23(31)18-26(25)33-30(28)38/h2-6,8-11,17-18,32H,7,12-16,19H2,1H3,(H,33,38)(H,36,37)/b29-28-. The Labute approximate surface area is 221 Å². The van der Waals surface area contributed by atoms with E-state index >= 15 is 0 Å². The number of nitrogens with zero attached hydrogens (tertiary/aromatic N) is 2. The Hall–Kier alpha value is -4.01. The number of piperazine rings is 1. The maximum atomic E-state index is 13.9. The van der Waals surface area contributed by atoms with E-state index in [-0.39, 0.29) is 12.3 Å². The summed E-state index contributed by atoms with van der Waals surface area (Å²) < 4.78 is 13.9. The molecular formula is C30H31FN4O3. The lowest BCUT2D eigenvalue weighted by Crippen LogP contribution is -2.43. The normalized spacial score (nSPS) is 17.2. The number of likely N-dealkylation sites (N-methyl/N-ethyl adjacent to an activating group) is 1. The van der Waals surface area contributed by atoms with Crippen molar-refractivity contribution in [2.75, 3.05) is 43.9 Å². The van der Waals surface area contributed by atoms with Gasteiger partial charge in [0.2, 0.25) is 0 Å². The SMILES string of the molecule is CN1CCN(Cc2ccc(N/C(=C3\C(=O)Nc4cc(F)ccc43)c3cccc(CCC(=O)O)c3)cc2)CC1. The summed E-state index contributed by atoms with van der Waals surface area (Å²) in [5, 5.41) is 15.3. The van der Waals surface area contributed by atoms with Crippen LogP contribution in [0.3, 0.4) is 0 Å². The molecule has 196 valence electrons. The van der Waals surface area contributed by atoms with Crippen LogP contribution in [0.2, 0.25) is 0 Å². The zero-order chi connectivity index (χ0) is 26.6. The predicted molar refractivity (Wildman–Crippen MR) is 147 cm³/mol. The molecular weight excluding hydrogens is 483 g/mol. The van der Waals surface area contributed by atoms with Crippen LogP contribution in [0.5, 0.6) is 0 Å². The molecule has 2 aliphatic heterocycles. The van der Waals surface area contributed by atoms with E-state index in [0.29, 0.717) is 28.9 Å². The number of nitrogens with one attached hydrogen (secondary N) is 2. The molecule has 1 saturated heterocycles. The van der Waals surface area contributed by atoms with E-state index in [1.807, 2.05) is 36.4 Å². The molecule has 0 aromatic heterocycles. The van der Waals surface area contributed by atoms with Crippen LogP contribution in [-0.4, -0.2) is 60.0 Å². The molecule has 1 amide bonds. The Morgan fingerprint density at radius 2 is 1.76 bits per heavy atom. The summed E-state index contributed by atoms with van der Waals surface area (Å²) in [6.45, 7) is 5.10. The molecule has 0 aliphatic carbocycles. The molecule has 5 rings (SSSR count). The minimum absolute atomic E-state index is 0.0140. The second-order valence-electron chi connectivity index (χ2n) is 9.89. The summed E-state index contributed by atoms with van der Waals surface area (Å²) in [6.07, 6.45) is 0.390. The number of hydrogen-bond donors (Lipinski definition) is 3. The number of carboxylic acid groups (broad SMARTS) is 1. The first-order valence-electron chi connectivity index (χ1n) is 12.8. The molecule has 38 heavy (non-hydrogen) atoms. The van der Waals surface area contributed by atoms with Crippen LogP contribution in [0, 0.1) is 5.82 Å². The van der Waals surface area contributed by atoms with Gasteiger partial charge in [-0.25, -0.2) is 4.39 Å². The Balaban J connectivity index is 1.47. The fourth-order valence-electron chi connectivity index (χ4n) is 4.91. The van der Waals surface area contributed by atoms with Gasteiger partial charge in [-0.1, -0.05) is 30.3 Å². The van der Waals surface area contributed by atoms with E-state index in [2.05, 4.69) is 39.6 Å². The number of carboxylic acids is 1. The zero-order valence-electron chi connectivity index (χ0n) is 21.3. The van der Waals surface area contributed by atoms with E-state index in [9.17, 15) is 14.0 Å².